The van der Waals surface area contributed by atoms with Crippen LogP contribution in [0.1, 0.15) is 22.9 Å². The predicted molar refractivity (Wildman–Crippen MR) is 118 cm³/mol. The van der Waals surface area contributed by atoms with Crippen molar-refractivity contribution in [3.05, 3.63) is 77.6 Å². The molecule has 0 spiro atoms. The van der Waals surface area contributed by atoms with Gasteiger partial charge in [0.15, 0.2) is 5.82 Å². The summed E-state index contributed by atoms with van der Waals surface area (Å²) in [6, 6.07) is 11.1. The first kappa shape index (κ1) is 21.4. The number of ether oxygens (including phenoxy) is 1. The number of anilines is 1. The van der Waals surface area contributed by atoms with Crippen LogP contribution in [-0.2, 0) is 0 Å². The van der Waals surface area contributed by atoms with Crippen molar-refractivity contribution in [1.29, 1.82) is 0 Å². The zero-order chi connectivity index (χ0) is 22.7. The highest BCUT2D eigenvalue weighted by atomic mass is 19.1. The summed E-state index contributed by atoms with van der Waals surface area (Å²) in [7, 11) is 1.56. The van der Waals surface area contributed by atoms with E-state index in [2.05, 4.69) is 25.5 Å². The normalized spacial score (nSPS) is 11.9. The van der Waals surface area contributed by atoms with E-state index in [4.69, 9.17) is 4.74 Å². The molecule has 4 aromatic rings. The molecule has 9 heteroatoms. The minimum atomic E-state index is -0.439. The SMILES string of the molecule is COc1nc(-c2cc(C)c(NC(CO)c3ccc(F)cc3)nn2)ccc1-n1cnc(C)c1. The number of methoxy groups -OCH3 is 1. The zero-order valence-corrected chi connectivity index (χ0v) is 18.0. The van der Waals surface area contributed by atoms with Crippen molar-refractivity contribution in [2.45, 2.75) is 19.9 Å². The molecule has 0 aliphatic carbocycles. The van der Waals surface area contributed by atoms with Gasteiger partial charge in [0.1, 0.15) is 17.2 Å². The van der Waals surface area contributed by atoms with E-state index in [0.717, 1.165) is 22.5 Å². The van der Waals surface area contributed by atoms with Gasteiger partial charge in [-0.15, -0.1) is 10.2 Å². The fourth-order valence-electron chi connectivity index (χ4n) is 3.32. The first-order valence-corrected chi connectivity index (χ1v) is 10.0. The Kier molecular flexibility index (Phi) is 6.09. The van der Waals surface area contributed by atoms with Crippen LogP contribution in [0, 0.1) is 19.7 Å². The summed E-state index contributed by atoms with van der Waals surface area (Å²) >= 11 is 0. The lowest BCUT2D eigenvalue weighted by molar-refractivity contribution is 0.276. The van der Waals surface area contributed by atoms with Crippen molar-refractivity contribution in [2.24, 2.45) is 0 Å². The average molecular weight is 434 g/mol. The van der Waals surface area contributed by atoms with Crippen molar-refractivity contribution in [2.75, 3.05) is 19.0 Å². The monoisotopic (exact) mass is 434 g/mol. The van der Waals surface area contributed by atoms with Gasteiger partial charge in [-0.2, -0.15) is 0 Å². The molecule has 0 fully saturated rings. The fraction of sp³-hybridized carbons (Fsp3) is 0.217. The lowest BCUT2D eigenvalue weighted by atomic mass is 10.1. The van der Waals surface area contributed by atoms with E-state index in [9.17, 15) is 9.50 Å². The summed E-state index contributed by atoms with van der Waals surface area (Å²) < 4.78 is 20.5. The second kappa shape index (κ2) is 9.11. The third-order valence-corrected chi connectivity index (χ3v) is 5.04. The maximum atomic E-state index is 13.2. The molecule has 3 aromatic heterocycles. The molecule has 164 valence electrons. The Hall–Kier alpha value is -3.85. The van der Waals surface area contributed by atoms with Gasteiger partial charge in [0.25, 0.3) is 0 Å². The van der Waals surface area contributed by atoms with Crippen LogP contribution in [0.2, 0.25) is 0 Å². The first-order valence-electron chi connectivity index (χ1n) is 10.0. The van der Waals surface area contributed by atoms with Crippen molar-refractivity contribution in [3.8, 4) is 23.0 Å². The molecule has 32 heavy (non-hydrogen) atoms. The summed E-state index contributed by atoms with van der Waals surface area (Å²) in [5, 5.41) is 21.5. The second-order valence-corrected chi connectivity index (χ2v) is 7.34. The molecule has 1 atom stereocenters. The summed E-state index contributed by atoms with van der Waals surface area (Å²) in [5.41, 5.74) is 4.43. The van der Waals surface area contributed by atoms with E-state index in [1.165, 1.54) is 12.1 Å². The van der Waals surface area contributed by atoms with Gasteiger partial charge in [0.2, 0.25) is 5.88 Å². The third-order valence-electron chi connectivity index (χ3n) is 5.04. The Morgan fingerprint density at radius 1 is 1.09 bits per heavy atom. The minimum Gasteiger partial charge on any atom is -0.479 e. The van der Waals surface area contributed by atoms with E-state index < -0.39 is 6.04 Å². The number of pyridine rings is 1. The molecule has 1 unspecified atom stereocenters. The van der Waals surface area contributed by atoms with Crippen LogP contribution in [0.5, 0.6) is 5.88 Å². The number of aromatic nitrogens is 5. The van der Waals surface area contributed by atoms with Gasteiger partial charge in [-0.1, -0.05) is 12.1 Å². The van der Waals surface area contributed by atoms with Crippen LogP contribution in [0.4, 0.5) is 10.2 Å². The highest BCUT2D eigenvalue weighted by Crippen LogP contribution is 2.27. The molecular formula is C23H23FN6O2. The van der Waals surface area contributed by atoms with Gasteiger partial charge >= 0.3 is 0 Å². The predicted octanol–water partition coefficient (Wildman–Crippen LogP) is 3.63. The van der Waals surface area contributed by atoms with Crippen LogP contribution in [0.25, 0.3) is 17.1 Å². The number of aryl methyl sites for hydroxylation is 2. The highest BCUT2D eigenvalue weighted by molar-refractivity contribution is 5.61. The Morgan fingerprint density at radius 2 is 1.88 bits per heavy atom. The number of aliphatic hydroxyl groups excluding tert-OH is 1. The lowest BCUT2D eigenvalue weighted by Crippen LogP contribution is -2.17. The Labute approximate surface area is 184 Å². The van der Waals surface area contributed by atoms with Gasteiger partial charge in [-0.05, 0) is 55.3 Å². The molecule has 0 bridgehead atoms. The number of imidazole rings is 1. The molecule has 4 rings (SSSR count). The molecule has 0 aliphatic heterocycles. The quantitative estimate of drug-likeness (QED) is 0.458. The number of aliphatic hydroxyl groups is 1. The zero-order valence-electron chi connectivity index (χ0n) is 18.0. The molecule has 0 amide bonds. The maximum Gasteiger partial charge on any atom is 0.238 e. The van der Waals surface area contributed by atoms with E-state index in [1.807, 2.05) is 42.8 Å². The summed E-state index contributed by atoms with van der Waals surface area (Å²) in [6.45, 7) is 3.62. The fourth-order valence-corrected chi connectivity index (χ4v) is 3.32. The van der Waals surface area contributed by atoms with E-state index in [-0.39, 0.29) is 12.4 Å². The number of halogens is 1. The molecule has 1 aromatic carbocycles. The number of hydrogen-bond acceptors (Lipinski definition) is 7. The molecule has 0 saturated heterocycles. The summed E-state index contributed by atoms with van der Waals surface area (Å²) in [6.07, 6.45) is 3.60. The van der Waals surface area contributed by atoms with E-state index in [0.29, 0.717) is 23.1 Å². The van der Waals surface area contributed by atoms with E-state index >= 15 is 0 Å². The minimum absolute atomic E-state index is 0.178. The van der Waals surface area contributed by atoms with Crippen LogP contribution in [0.3, 0.4) is 0 Å². The smallest absolute Gasteiger partial charge is 0.238 e. The molecule has 0 radical (unpaired) electrons. The second-order valence-electron chi connectivity index (χ2n) is 7.34. The van der Waals surface area contributed by atoms with Gasteiger partial charge in [-0.3, -0.25) is 0 Å². The number of rotatable bonds is 7. The third kappa shape index (κ3) is 4.42. The van der Waals surface area contributed by atoms with Crippen molar-refractivity contribution in [1.82, 2.24) is 24.7 Å². The van der Waals surface area contributed by atoms with Crippen molar-refractivity contribution < 1.29 is 14.2 Å². The molecular weight excluding hydrogens is 411 g/mol. The van der Waals surface area contributed by atoms with Gasteiger partial charge < -0.3 is 19.7 Å². The lowest BCUT2D eigenvalue weighted by Gasteiger charge is -2.18. The van der Waals surface area contributed by atoms with Crippen LogP contribution in [-0.4, -0.2) is 43.6 Å². The topological polar surface area (TPSA) is 98.0 Å². The largest absolute Gasteiger partial charge is 0.479 e. The van der Waals surface area contributed by atoms with Crippen molar-refractivity contribution >= 4 is 5.82 Å². The van der Waals surface area contributed by atoms with Crippen LogP contribution >= 0.6 is 0 Å². The van der Waals surface area contributed by atoms with Crippen LogP contribution < -0.4 is 10.1 Å². The molecule has 0 saturated carbocycles. The first-order chi connectivity index (χ1) is 15.5. The van der Waals surface area contributed by atoms with Gasteiger partial charge in [-0.25, -0.2) is 14.4 Å². The molecule has 2 N–H and O–H groups in total. The maximum absolute atomic E-state index is 13.2. The van der Waals surface area contributed by atoms with E-state index in [1.54, 1.807) is 25.6 Å². The van der Waals surface area contributed by atoms with Crippen molar-refractivity contribution in [3.63, 3.8) is 0 Å². The average Bonchev–Trinajstić information content (AvgIpc) is 3.24. The Morgan fingerprint density at radius 3 is 2.50 bits per heavy atom. The number of benzene rings is 1. The number of nitrogens with one attached hydrogen (secondary N) is 1. The molecule has 3 heterocycles. The summed E-state index contributed by atoms with van der Waals surface area (Å²) in [4.78, 5) is 8.82. The highest BCUT2D eigenvalue weighted by Gasteiger charge is 2.15. The summed E-state index contributed by atoms with van der Waals surface area (Å²) in [5.74, 6) is 0.635. The van der Waals surface area contributed by atoms with Crippen LogP contribution in [0.15, 0.2) is 55.0 Å². The Bertz CT molecular complexity index is 1230. The standard InChI is InChI=1S/C23H23FN6O2/c1-14-10-19(18-8-9-21(23(27-18)32-3)30-11-15(2)25-13-30)28-29-22(14)26-20(12-31)16-4-6-17(24)7-5-16/h4-11,13,20,31H,12H2,1-3H3,(H,26,29). The van der Waals surface area contributed by atoms with Gasteiger partial charge in [0.05, 0.1) is 37.5 Å². The number of hydrogen-bond donors (Lipinski definition) is 2. The Balaban J connectivity index is 1.59. The number of nitrogens with zero attached hydrogens (tertiary/aromatic N) is 5. The molecule has 0 aliphatic rings. The molecule has 8 nitrogen and oxygen atoms in total. The van der Waals surface area contributed by atoms with Gasteiger partial charge in [0, 0.05) is 6.20 Å².